The number of rotatable bonds is 6. The van der Waals surface area contributed by atoms with Crippen molar-refractivity contribution < 1.29 is 14.1 Å². The molecule has 1 N–H and O–H groups in total. The Morgan fingerprint density at radius 3 is 2.53 bits per heavy atom. The summed E-state index contributed by atoms with van der Waals surface area (Å²) in [6, 6.07) is 5.97. The van der Waals surface area contributed by atoms with Crippen LogP contribution in [0.5, 0.6) is 0 Å². The van der Waals surface area contributed by atoms with E-state index in [1.165, 1.54) is 0 Å². The lowest BCUT2D eigenvalue weighted by atomic mass is 9.94. The van der Waals surface area contributed by atoms with Crippen LogP contribution >= 0.6 is 23.2 Å². The number of piperazine rings is 1. The quantitative estimate of drug-likeness (QED) is 0.666. The minimum Gasteiger partial charge on any atom is -0.355 e. The third kappa shape index (κ3) is 5.16. The molecule has 1 aromatic carbocycles. The fourth-order valence-corrected chi connectivity index (χ4v) is 4.30. The SMILES string of the molecule is CC(C)CC1CN(C(=O)c2cc(-c3ccc(Cl)cc3Cl)on2)C(CC(C)C)C(=O)N1. The summed E-state index contributed by atoms with van der Waals surface area (Å²) < 4.78 is 5.39. The Kier molecular flexibility index (Phi) is 7.09. The van der Waals surface area contributed by atoms with E-state index in [4.69, 9.17) is 27.7 Å². The molecule has 1 saturated heterocycles. The molecule has 30 heavy (non-hydrogen) atoms. The molecule has 2 heterocycles. The molecular weight excluding hydrogens is 425 g/mol. The highest BCUT2D eigenvalue weighted by Crippen LogP contribution is 2.31. The third-order valence-corrected chi connectivity index (χ3v) is 5.63. The molecule has 162 valence electrons. The molecule has 3 rings (SSSR count). The largest absolute Gasteiger partial charge is 0.355 e. The normalized spacial score (nSPS) is 19.5. The predicted molar refractivity (Wildman–Crippen MR) is 118 cm³/mol. The fraction of sp³-hybridized carbons (Fsp3) is 0.500. The highest BCUT2D eigenvalue weighted by Gasteiger charge is 2.39. The smallest absolute Gasteiger partial charge is 0.276 e. The zero-order valence-electron chi connectivity index (χ0n) is 17.6. The molecule has 1 fully saturated rings. The molecule has 0 bridgehead atoms. The highest BCUT2D eigenvalue weighted by molar-refractivity contribution is 6.36. The number of halogens is 2. The number of aromatic nitrogens is 1. The van der Waals surface area contributed by atoms with E-state index in [0.29, 0.717) is 40.3 Å². The summed E-state index contributed by atoms with van der Waals surface area (Å²) in [6.07, 6.45) is 1.38. The minimum absolute atomic E-state index is 0.0815. The van der Waals surface area contributed by atoms with E-state index in [1.54, 1.807) is 29.2 Å². The lowest BCUT2D eigenvalue weighted by molar-refractivity contribution is -0.130. The topological polar surface area (TPSA) is 75.4 Å². The Morgan fingerprint density at radius 2 is 1.90 bits per heavy atom. The van der Waals surface area contributed by atoms with Gasteiger partial charge in [-0.3, -0.25) is 9.59 Å². The van der Waals surface area contributed by atoms with Gasteiger partial charge >= 0.3 is 0 Å². The van der Waals surface area contributed by atoms with E-state index in [9.17, 15) is 9.59 Å². The monoisotopic (exact) mass is 451 g/mol. The third-order valence-electron chi connectivity index (χ3n) is 5.08. The summed E-state index contributed by atoms with van der Waals surface area (Å²) in [5.41, 5.74) is 0.753. The van der Waals surface area contributed by atoms with Gasteiger partial charge in [-0.15, -0.1) is 0 Å². The first kappa shape index (κ1) is 22.6. The number of nitrogens with one attached hydrogen (secondary N) is 1. The van der Waals surface area contributed by atoms with Crippen LogP contribution in [0.25, 0.3) is 11.3 Å². The van der Waals surface area contributed by atoms with Gasteiger partial charge in [0.15, 0.2) is 11.5 Å². The van der Waals surface area contributed by atoms with Gasteiger partial charge < -0.3 is 14.7 Å². The molecule has 1 aliphatic heterocycles. The van der Waals surface area contributed by atoms with Gasteiger partial charge in [0.2, 0.25) is 5.91 Å². The van der Waals surface area contributed by atoms with Gasteiger partial charge in [-0.1, -0.05) is 56.1 Å². The Hall–Kier alpha value is -2.05. The first-order valence-corrected chi connectivity index (χ1v) is 10.9. The van der Waals surface area contributed by atoms with Gasteiger partial charge in [-0.25, -0.2) is 0 Å². The molecule has 6 nitrogen and oxygen atoms in total. The van der Waals surface area contributed by atoms with Crippen LogP contribution in [0.3, 0.4) is 0 Å². The number of hydrogen-bond donors (Lipinski definition) is 1. The van der Waals surface area contributed by atoms with Crippen molar-refractivity contribution in [2.45, 2.75) is 52.6 Å². The number of benzene rings is 1. The van der Waals surface area contributed by atoms with E-state index in [1.807, 2.05) is 13.8 Å². The number of nitrogens with zero attached hydrogens (tertiary/aromatic N) is 2. The summed E-state index contributed by atoms with van der Waals surface area (Å²) in [4.78, 5) is 27.7. The van der Waals surface area contributed by atoms with Crippen LogP contribution in [0.15, 0.2) is 28.8 Å². The van der Waals surface area contributed by atoms with Gasteiger partial charge in [-0.2, -0.15) is 0 Å². The summed E-state index contributed by atoms with van der Waals surface area (Å²) in [6.45, 7) is 8.71. The van der Waals surface area contributed by atoms with Gasteiger partial charge in [0.25, 0.3) is 5.91 Å². The maximum absolute atomic E-state index is 13.3. The first-order valence-electron chi connectivity index (χ1n) is 10.2. The summed E-state index contributed by atoms with van der Waals surface area (Å²) in [5, 5.41) is 7.96. The summed E-state index contributed by atoms with van der Waals surface area (Å²) in [5.74, 6) is 0.612. The molecular formula is C22H27Cl2N3O3. The molecule has 2 aromatic rings. The number of carbonyl (C=O) groups excluding carboxylic acids is 2. The summed E-state index contributed by atoms with van der Waals surface area (Å²) >= 11 is 12.2. The zero-order valence-corrected chi connectivity index (χ0v) is 19.1. The first-order chi connectivity index (χ1) is 14.2. The zero-order chi connectivity index (χ0) is 22.0. The molecule has 8 heteroatoms. The van der Waals surface area contributed by atoms with Crippen molar-refractivity contribution in [1.29, 1.82) is 0 Å². The number of hydrogen-bond acceptors (Lipinski definition) is 4. The standard InChI is InChI=1S/C22H27Cl2N3O3/c1-12(2)7-15-11-27(19(8-13(3)4)21(28)25-15)22(29)18-10-20(30-26-18)16-6-5-14(23)9-17(16)24/h5-6,9-10,12-13,15,19H,7-8,11H2,1-4H3,(H,25,28). The lowest BCUT2D eigenvalue weighted by Crippen LogP contribution is -2.62. The predicted octanol–water partition coefficient (Wildman–Crippen LogP) is 5.05. The Balaban J connectivity index is 1.88. The second-order valence-corrected chi connectivity index (χ2v) is 9.48. The maximum atomic E-state index is 13.3. The fourth-order valence-electron chi connectivity index (χ4n) is 3.80. The van der Waals surface area contributed by atoms with Crippen molar-refractivity contribution in [1.82, 2.24) is 15.4 Å². The van der Waals surface area contributed by atoms with Crippen molar-refractivity contribution in [3.8, 4) is 11.3 Å². The van der Waals surface area contributed by atoms with E-state index in [0.717, 1.165) is 6.42 Å². The molecule has 2 unspecified atom stereocenters. The van der Waals surface area contributed by atoms with Crippen molar-refractivity contribution in [3.63, 3.8) is 0 Å². The molecule has 2 atom stereocenters. The highest BCUT2D eigenvalue weighted by atomic mass is 35.5. The lowest BCUT2D eigenvalue weighted by Gasteiger charge is -2.40. The second kappa shape index (κ2) is 9.40. The molecule has 0 aliphatic carbocycles. The second-order valence-electron chi connectivity index (χ2n) is 8.64. The van der Waals surface area contributed by atoms with Crippen LogP contribution in [0, 0.1) is 11.8 Å². The molecule has 1 aromatic heterocycles. The molecule has 0 radical (unpaired) electrons. The van der Waals surface area contributed by atoms with E-state index < -0.39 is 6.04 Å². The van der Waals surface area contributed by atoms with Gasteiger partial charge in [0.05, 0.1) is 5.02 Å². The van der Waals surface area contributed by atoms with E-state index >= 15 is 0 Å². The van der Waals surface area contributed by atoms with Crippen LogP contribution in [-0.4, -0.2) is 40.5 Å². The van der Waals surface area contributed by atoms with Crippen molar-refractivity contribution in [2.24, 2.45) is 11.8 Å². The number of amides is 2. The number of carbonyl (C=O) groups is 2. The van der Waals surface area contributed by atoms with Crippen LogP contribution in [-0.2, 0) is 4.79 Å². The van der Waals surface area contributed by atoms with Crippen molar-refractivity contribution in [3.05, 3.63) is 40.0 Å². The van der Waals surface area contributed by atoms with Gasteiger partial charge in [0, 0.05) is 29.2 Å². The van der Waals surface area contributed by atoms with Crippen LogP contribution in [0.1, 0.15) is 51.0 Å². The molecule has 0 spiro atoms. The van der Waals surface area contributed by atoms with Crippen molar-refractivity contribution in [2.75, 3.05) is 6.54 Å². The Bertz CT molecular complexity index is 926. The molecule has 1 aliphatic rings. The molecule has 2 amide bonds. The van der Waals surface area contributed by atoms with Gasteiger partial charge in [-0.05, 0) is 42.9 Å². The minimum atomic E-state index is -0.528. The van der Waals surface area contributed by atoms with Crippen LogP contribution in [0.4, 0.5) is 0 Å². The van der Waals surface area contributed by atoms with E-state index in [-0.39, 0.29) is 29.5 Å². The van der Waals surface area contributed by atoms with Crippen LogP contribution < -0.4 is 5.32 Å². The average molecular weight is 452 g/mol. The van der Waals surface area contributed by atoms with E-state index in [2.05, 4.69) is 24.3 Å². The van der Waals surface area contributed by atoms with Crippen molar-refractivity contribution >= 4 is 35.0 Å². The Labute approximate surface area is 186 Å². The Morgan fingerprint density at radius 1 is 1.20 bits per heavy atom. The maximum Gasteiger partial charge on any atom is 0.276 e. The van der Waals surface area contributed by atoms with Crippen LogP contribution in [0.2, 0.25) is 10.0 Å². The average Bonchev–Trinajstić information content (AvgIpc) is 3.12. The molecule has 0 saturated carbocycles. The van der Waals surface area contributed by atoms with Gasteiger partial charge in [0.1, 0.15) is 6.04 Å². The summed E-state index contributed by atoms with van der Waals surface area (Å²) in [7, 11) is 0.